The largest absolute Gasteiger partial charge is 0.494 e. The Balaban J connectivity index is 1.52. The smallest absolute Gasteiger partial charge is 0.230 e. The zero-order chi connectivity index (χ0) is 19.1. The molecule has 0 radical (unpaired) electrons. The highest BCUT2D eigenvalue weighted by molar-refractivity contribution is 7.99. The molecule has 1 N–H and O–H groups in total. The molecule has 1 heterocycles. The Morgan fingerprint density at radius 3 is 2.78 bits per heavy atom. The molecular weight excluding hydrogens is 369 g/mol. The number of carbonyl (C=O) groups excluding carboxylic acids is 1. The van der Waals surface area contributed by atoms with E-state index in [4.69, 9.17) is 4.74 Å². The van der Waals surface area contributed by atoms with E-state index in [0.717, 1.165) is 5.56 Å². The third kappa shape index (κ3) is 5.04. The van der Waals surface area contributed by atoms with Crippen LogP contribution in [0.5, 0.6) is 5.75 Å². The standard InChI is InChI=1S/C18H18FN5O2S/c1-26-16-5-3-2-4-15(16)24-18(21-22-23-24)27-12-17(25)20-11-10-13-6-8-14(19)9-7-13/h2-9H,10-12H2,1H3,(H,20,25). The van der Waals surface area contributed by atoms with E-state index in [9.17, 15) is 9.18 Å². The van der Waals surface area contributed by atoms with Crippen LogP contribution in [0.3, 0.4) is 0 Å². The van der Waals surface area contributed by atoms with Gasteiger partial charge in [-0.2, -0.15) is 4.68 Å². The molecule has 140 valence electrons. The van der Waals surface area contributed by atoms with Crippen LogP contribution >= 0.6 is 11.8 Å². The molecule has 0 saturated heterocycles. The first-order valence-electron chi connectivity index (χ1n) is 8.23. The molecule has 0 unspecified atom stereocenters. The summed E-state index contributed by atoms with van der Waals surface area (Å²) in [4.78, 5) is 12.1. The number of rotatable bonds is 8. The molecule has 1 aromatic heterocycles. The second-order valence-electron chi connectivity index (χ2n) is 5.56. The van der Waals surface area contributed by atoms with Gasteiger partial charge in [-0.3, -0.25) is 4.79 Å². The fourth-order valence-corrected chi connectivity index (χ4v) is 3.12. The lowest BCUT2D eigenvalue weighted by Gasteiger charge is -2.09. The topological polar surface area (TPSA) is 81.9 Å². The van der Waals surface area contributed by atoms with Gasteiger partial charge in [-0.15, -0.1) is 5.10 Å². The van der Waals surface area contributed by atoms with Gasteiger partial charge >= 0.3 is 0 Å². The fourth-order valence-electron chi connectivity index (χ4n) is 2.40. The van der Waals surface area contributed by atoms with Crippen molar-refractivity contribution in [3.8, 4) is 11.4 Å². The molecule has 9 heteroatoms. The van der Waals surface area contributed by atoms with Gasteiger partial charge in [0.05, 0.1) is 12.9 Å². The number of thioether (sulfide) groups is 1. The van der Waals surface area contributed by atoms with E-state index >= 15 is 0 Å². The number of aromatic nitrogens is 4. The molecule has 27 heavy (non-hydrogen) atoms. The molecule has 0 aliphatic carbocycles. The quantitative estimate of drug-likeness (QED) is 0.597. The summed E-state index contributed by atoms with van der Waals surface area (Å²) in [6, 6.07) is 13.6. The Morgan fingerprint density at radius 2 is 2.00 bits per heavy atom. The third-order valence-electron chi connectivity index (χ3n) is 3.74. The average molecular weight is 387 g/mol. The number of nitrogens with one attached hydrogen (secondary N) is 1. The van der Waals surface area contributed by atoms with E-state index in [1.807, 2.05) is 24.3 Å². The average Bonchev–Trinajstić information content (AvgIpc) is 3.16. The number of ether oxygens (including phenoxy) is 1. The minimum atomic E-state index is -0.271. The van der Waals surface area contributed by atoms with Crippen LogP contribution < -0.4 is 10.1 Å². The Morgan fingerprint density at radius 1 is 1.22 bits per heavy atom. The van der Waals surface area contributed by atoms with Crippen LogP contribution in [0.25, 0.3) is 5.69 Å². The van der Waals surface area contributed by atoms with Crippen molar-refractivity contribution in [3.05, 3.63) is 59.9 Å². The number of benzene rings is 2. The molecule has 3 aromatic rings. The summed E-state index contributed by atoms with van der Waals surface area (Å²) in [5.41, 5.74) is 1.66. The highest BCUT2D eigenvalue weighted by atomic mass is 32.2. The Kier molecular flexibility index (Phi) is 6.37. The summed E-state index contributed by atoms with van der Waals surface area (Å²) in [6.07, 6.45) is 0.635. The summed E-state index contributed by atoms with van der Waals surface area (Å²) in [5, 5.41) is 15.0. The minimum Gasteiger partial charge on any atom is -0.494 e. The van der Waals surface area contributed by atoms with Crippen LogP contribution in [-0.2, 0) is 11.2 Å². The van der Waals surface area contributed by atoms with Gasteiger partial charge in [-0.25, -0.2) is 4.39 Å². The van der Waals surface area contributed by atoms with Crippen molar-refractivity contribution >= 4 is 17.7 Å². The van der Waals surface area contributed by atoms with Crippen molar-refractivity contribution in [3.63, 3.8) is 0 Å². The summed E-state index contributed by atoms with van der Waals surface area (Å²) in [6.45, 7) is 0.475. The highest BCUT2D eigenvalue weighted by Crippen LogP contribution is 2.25. The van der Waals surface area contributed by atoms with Gasteiger partial charge in [-0.1, -0.05) is 36.0 Å². The van der Waals surface area contributed by atoms with Crippen molar-refractivity contribution in [1.29, 1.82) is 0 Å². The molecule has 0 bridgehead atoms. The SMILES string of the molecule is COc1ccccc1-n1nnnc1SCC(=O)NCCc1ccc(F)cc1. The van der Waals surface area contributed by atoms with E-state index in [1.165, 1.54) is 28.6 Å². The molecule has 0 aliphatic rings. The molecule has 0 aliphatic heterocycles. The van der Waals surface area contributed by atoms with Gasteiger partial charge in [-0.05, 0) is 46.7 Å². The van der Waals surface area contributed by atoms with Crippen LogP contribution in [-0.4, -0.2) is 45.5 Å². The lowest BCUT2D eigenvalue weighted by molar-refractivity contribution is -0.118. The molecule has 2 aromatic carbocycles. The maximum absolute atomic E-state index is 12.9. The van der Waals surface area contributed by atoms with Gasteiger partial charge in [0.15, 0.2) is 0 Å². The normalized spacial score (nSPS) is 10.6. The van der Waals surface area contributed by atoms with E-state index in [-0.39, 0.29) is 17.5 Å². The Bertz CT molecular complexity index is 901. The van der Waals surface area contributed by atoms with Crippen molar-refractivity contribution in [2.75, 3.05) is 19.4 Å². The van der Waals surface area contributed by atoms with E-state index < -0.39 is 0 Å². The first kappa shape index (κ1) is 18.8. The van der Waals surface area contributed by atoms with E-state index in [2.05, 4.69) is 20.8 Å². The molecule has 3 rings (SSSR count). The van der Waals surface area contributed by atoms with Crippen molar-refractivity contribution in [2.24, 2.45) is 0 Å². The number of nitrogens with zero attached hydrogens (tertiary/aromatic N) is 4. The summed E-state index contributed by atoms with van der Waals surface area (Å²) in [5.74, 6) is 0.415. The maximum atomic E-state index is 12.9. The molecule has 0 atom stereocenters. The highest BCUT2D eigenvalue weighted by Gasteiger charge is 2.14. The number of methoxy groups -OCH3 is 1. The van der Waals surface area contributed by atoms with Crippen LogP contribution in [0, 0.1) is 5.82 Å². The van der Waals surface area contributed by atoms with Crippen LogP contribution in [0.1, 0.15) is 5.56 Å². The molecule has 1 amide bonds. The monoisotopic (exact) mass is 387 g/mol. The third-order valence-corrected chi connectivity index (χ3v) is 4.66. The molecule has 0 saturated carbocycles. The van der Waals surface area contributed by atoms with Crippen molar-refractivity contribution in [1.82, 2.24) is 25.5 Å². The van der Waals surface area contributed by atoms with E-state index in [0.29, 0.717) is 29.6 Å². The van der Waals surface area contributed by atoms with Gasteiger partial charge in [0.2, 0.25) is 11.1 Å². The lowest BCUT2D eigenvalue weighted by atomic mass is 10.1. The van der Waals surface area contributed by atoms with Crippen molar-refractivity contribution in [2.45, 2.75) is 11.6 Å². The first-order chi connectivity index (χ1) is 13.2. The second kappa shape index (κ2) is 9.13. The molecular formula is C18H18FN5O2S. The number of hydrogen-bond donors (Lipinski definition) is 1. The number of para-hydroxylation sites is 2. The van der Waals surface area contributed by atoms with Crippen molar-refractivity contribution < 1.29 is 13.9 Å². The Hall–Kier alpha value is -2.94. The first-order valence-corrected chi connectivity index (χ1v) is 9.21. The predicted molar refractivity (Wildman–Crippen MR) is 99.5 cm³/mol. The minimum absolute atomic E-state index is 0.128. The van der Waals surface area contributed by atoms with Gasteiger partial charge in [0, 0.05) is 6.54 Å². The second-order valence-corrected chi connectivity index (χ2v) is 6.50. The van der Waals surface area contributed by atoms with Crippen LogP contribution in [0.4, 0.5) is 4.39 Å². The summed E-state index contributed by atoms with van der Waals surface area (Å²) >= 11 is 1.23. The van der Waals surface area contributed by atoms with E-state index in [1.54, 1.807) is 19.2 Å². The number of halogens is 1. The Labute approximate surface area is 159 Å². The summed E-state index contributed by atoms with van der Waals surface area (Å²) in [7, 11) is 1.57. The van der Waals surface area contributed by atoms with Gasteiger partial charge in [0.25, 0.3) is 0 Å². The van der Waals surface area contributed by atoms with Gasteiger partial charge < -0.3 is 10.1 Å². The number of carbonyl (C=O) groups is 1. The molecule has 0 fully saturated rings. The zero-order valence-corrected chi connectivity index (χ0v) is 15.4. The van der Waals surface area contributed by atoms with Crippen LogP contribution in [0.15, 0.2) is 53.7 Å². The van der Waals surface area contributed by atoms with Gasteiger partial charge in [0.1, 0.15) is 17.3 Å². The lowest BCUT2D eigenvalue weighted by Crippen LogP contribution is -2.27. The molecule has 7 nitrogen and oxygen atoms in total. The maximum Gasteiger partial charge on any atom is 0.230 e. The van der Waals surface area contributed by atoms with Crippen LogP contribution in [0.2, 0.25) is 0 Å². The number of tetrazole rings is 1. The number of hydrogen-bond acceptors (Lipinski definition) is 6. The molecule has 0 spiro atoms. The fraction of sp³-hybridized carbons (Fsp3) is 0.222. The zero-order valence-electron chi connectivity index (χ0n) is 14.6. The summed E-state index contributed by atoms with van der Waals surface area (Å²) < 4.78 is 19.7. The number of amides is 1. The predicted octanol–water partition coefficient (Wildman–Crippen LogP) is 2.26.